The van der Waals surface area contributed by atoms with E-state index in [0.717, 1.165) is 4.70 Å². The van der Waals surface area contributed by atoms with E-state index in [1.165, 1.54) is 11.3 Å². The van der Waals surface area contributed by atoms with Crippen LogP contribution in [0.1, 0.15) is 18.6 Å². The third-order valence-electron chi connectivity index (χ3n) is 5.14. The zero-order valence-electron chi connectivity index (χ0n) is 19.2. The summed E-state index contributed by atoms with van der Waals surface area (Å²) in [6.07, 6.45) is -0.976. The number of fused-ring (bicyclic) bond motifs is 1. The third kappa shape index (κ3) is 5.75. The predicted molar refractivity (Wildman–Crippen MR) is 140 cm³/mol. The number of thiazole rings is 1. The number of amides is 1. The topological polar surface area (TPSA) is 86.8 Å². The van der Waals surface area contributed by atoms with Crippen molar-refractivity contribution in [3.8, 4) is 17.2 Å². The molecule has 3 aromatic carbocycles. The van der Waals surface area contributed by atoms with Crippen LogP contribution in [0.3, 0.4) is 0 Å². The Morgan fingerprint density at radius 3 is 2.34 bits per heavy atom. The van der Waals surface area contributed by atoms with Crippen LogP contribution in [-0.2, 0) is 15.6 Å². The molecule has 0 aliphatic rings. The molecule has 0 aliphatic carbocycles. The van der Waals surface area contributed by atoms with Gasteiger partial charge in [0.2, 0.25) is 6.10 Å². The SMILES string of the molecule is CCS(=O)c1ccc(C(Oc2ccc(Cl)cc2)C(=O)Nc2nc3cc(OC)c(OC)cc3s2)cc1. The molecule has 4 aromatic rings. The Labute approximate surface area is 214 Å². The highest BCUT2D eigenvalue weighted by atomic mass is 35.5. The van der Waals surface area contributed by atoms with Gasteiger partial charge in [-0.05, 0) is 36.4 Å². The number of hydrogen-bond donors (Lipinski definition) is 1. The van der Waals surface area contributed by atoms with E-state index in [1.807, 2.05) is 13.0 Å². The van der Waals surface area contributed by atoms with E-state index in [-0.39, 0.29) is 0 Å². The molecule has 0 aliphatic heterocycles. The summed E-state index contributed by atoms with van der Waals surface area (Å²) in [5, 5.41) is 3.83. The Kier molecular flexibility index (Phi) is 7.90. The van der Waals surface area contributed by atoms with Crippen molar-refractivity contribution in [2.75, 3.05) is 25.3 Å². The van der Waals surface area contributed by atoms with Crippen molar-refractivity contribution in [2.45, 2.75) is 17.9 Å². The Morgan fingerprint density at radius 2 is 1.71 bits per heavy atom. The second kappa shape index (κ2) is 11.1. The number of nitrogens with zero attached hydrogens (tertiary/aromatic N) is 1. The lowest BCUT2D eigenvalue weighted by Gasteiger charge is -2.19. The second-order valence-corrected chi connectivity index (χ2v) is 10.5. The molecule has 1 amide bonds. The molecule has 182 valence electrons. The van der Waals surface area contributed by atoms with Crippen LogP contribution < -0.4 is 19.5 Å². The lowest BCUT2D eigenvalue weighted by molar-refractivity contribution is -0.123. The lowest BCUT2D eigenvalue weighted by atomic mass is 10.1. The first-order valence-electron chi connectivity index (χ1n) is 10.7. The maximum Gasteiger partial charge on any atom is 0.271 e. The first kappa shape index (κ1) is 25.0. The van der Waals surface area contributed by atoms with Gasteiger partial charge in [-0.25, -0.2) is 4.98 Å². The summed E-state index contributed by atoms with van der Waals surface area (Å²) in [6.45, 7) is 1.85. The molecule has 0 fully saturated rings. The smallest absolute Gasteiger partial charge is 0.271 e. The summed E-state index contributed by atoms with van der Waals surface area (Å²) in [5.74, 6) is 1.72. The van der Waals surface area contributed by atoms with Crippen molar-refractivity contribution >= 4 is 55.0 Å². The van der Waals surface area contributed by atoms with Crippen LogP contribution in [0.4, 0.5) is 5.13 Å². The molecule has 0 radical (unpaired) electrons. The predicted octanol–water partition coefficient (Wildman–Crippen LogP) is 5.85. The molecule has 1 heterocycles. The molecule has 1 N–H and O–H groups in total. The van der Waals surface area contributed by atoms with Crippen molar-refractivity contribution in [3.05, 3.63) is 71.2 Å². The fraction of sp³-hybridized carbons (Fsp3) is 0.200. The highest BCUT2D eigenvalue weighted by Gasteiger charge is 2.25. The molecule has 4 rings (SSSR count). The van der Waals surface area contributed by atoms with Crippen LogP contribution >= 0.6 is 22.9 Å². The molecule has 1 aromatic heterocycles. The van der Waals surface area contributed by atoms with Gasteiger partial charge in [0.25, 0.3) is 5.91 Å². The third-order valence-corrected chi connectivity index (χ3v) is 7.65. The van der Waals surface area contributed by atoms with Crippen LogP contribution in [0.2, 0.25) is 5.02 Å². The van der Waals surface area contributed by atoms with E-state index in [1.54, 1.807) is 68.8 Å². The molecule has 0 bridgehead atoms. The summed E-state index contributed by atoms with van der Waals surface area (Å²) in [7, 11) is 2.02. The average Bonchev–Trinajstić information content (AvgIpc) is 3.27. The summed E-state index contributed by atoms with van der Waals surface area (Å²) in [4.78, 5) is 18.6. The van der Waals surface area contributed by atoms with Gasteiger partial charge in [0.15, 0.2) is 16.6 Å². The summed E-state index contributed by atoms with van der Waals surface area (Å²) in [5.41, 5.74) is 1.28. The Hall–Kier alpha value is -3.14. The molecule has 0 saturated heterocycles. The summed E-state index contributed by atoms with van der Waals surface area (Å²) < 4.78 is 29.7. The van der Waals surface area contributed by atoms with Gasteiger partial charge in [0, 0.05) is 33.4 Å². The largest absolute Gasteiger partial charge is 0.493 e. The van der Waals surface area contributed by atoms with Crippen molar-refractivity contribution in [1.29, 1.82) is 0 Å². The monoisotopic (exact) mass is 530 g/mol. The number of ether oxygens (including phenoxy) is 3. The molecule has 2 unspecified atom stereocenters. The molecular formula is C25H23ClN2O5S2. The minimum Gasteiger partial charge on any atom is -0.493 e. The van der Waals surface area contributed by atoms with Gasteiger partial charge in [0.1, 0.15) is 5.75 Å². The van der Waals surface area contributed by atoms with Gasteiger partial charge < -0.3 is 14.2 Å². The quantitative estimate of drug-likeness (QED) is 0.292. The number of methoxy groups -OCH3 is 2. The van der Waals surface area contributed by atoms with Gasteiger partial charge in [0.05, 0.1) is 35.2 Å². The highest BCUT2D eigenvalue weighted by molar-refractivity contribution is 7.85. The van der Waals surface area contributed by atoms with Crippen LogP contribution in [0.25, 0.3) is 10.2 Å². The van der Waals surface area contributed by atoms with E-state index >= 15 is 0 Å². The Bertz CT molecular complexity index is 1320. The molecular weight excluding hydrogens is 508 g/mol. The average molecular weight is 531 g/mol. The first-order chi connectivity index (χ1) is 16.9. The minimum absolute atomic E-state index is 0.401. The fourth-order valence-corrected chi connectivity index (χ4v) is 5.14. The van der Waals surface area contributed by atoms with Crippen molar-refractivity contribution in [1.82, 2.24) is 4.98 Å². The van der Waals surface area contributed by atoms with Gasteiger partial charge in [-0.2, -0.15) is 0 Å². The highest BCUT2D eigenvalue weighted by Crippen LogP contribution is 2.36. The summed E-state index contributed by atoms with van der Waals surface area (Å²) in [6, 6.07) is 17.3. The normalized spacial score (nSPS) is 12.7. The van der Waals surface area contributed by atoms with Crippen molar-refractivity contribution in [2.24, 2.45) is 0 Å². The van der Waals surface area contributed by atoms with E-state index < -0.39 is 22.8 Å². The van der Waals surface area contributed by atoms with Crippen molar-refractivity contribution < 1.29 is 23.2 Å². The van der Waals surface area contributed by atoms with Gasteiger partial charge >= 0.3 is 0 Å². The standard InChI is InChI=1S/C25H23ClN2O5S2/c1-4-35(30)18-11-5-15(6-12-18)23(33-17-9-7-16(26)8-10-17)24(29)28-25-27-19-13-20(31-2)21(32-3)14-22(19)34-25/h5-14,23H,4H2,1-3H3,(H,27,28,29). The zero-order valence-corrected chi connectivity index (χ0v) is 21.6. The van der Waals surface area contributed by atoms with Gasteiger partial charge in [-0.1, -0.05) is 42.0 Å². The van der Waals surface area contributed by atoms with Crippen LogP contribution in [0.5, 0.6) is 17.2 Å². The Balaban J connectivity index is 1.63. The van der Waals surface area contributed by atoms with Crippen LogP contribution in [0, 0.1) is 0 Å². The lowest BCUT2D eigenvalue weighted by Crippen LogP contribution is -2.25. The maximum absolute atomic E-state index is 13.4. The molecule has 7 nitrogen and oxygen atoms in total. The number of hydrogen-bond acceptors (Lipinski definition) is 7. The molecule has 10 heteroatoms. The number of carbonyl (C=O) groups is 1. The Morgan fingerprint density at radius 1 is 1.06 bits per heavy atom. The van der Waals surface area contributed by atoms with Crippen LogP contribution in [0.15, 0.2) is 65.6 Å². The zero-order chi connectivity index (χ0) is 24.9. The number of carbonyl (C=O) groups excluding carboxylic acids is 1. The van der Waals surface area contributed by atoms with E-state index in [2.05, 4.69) is 10.3 Å². The van der Waals surface area contributed by atoms with E-state index in [9.17, 15) is 9.00 Å². The molecule has 0 spiro atoms. The maximum atomic E-state index is 13.4. The van der Waals surface area contributed by atoms with Gasteiger partial charge in [-0.3, -0.25) is 14.3 Å². The van der Waals surface area contributed by atoms with Gasteiger partial charge in [-0.15, -0.1) is 0 Å². The molecule has 2 atom stereocenters. The summed E-state index contributed by atoms with van der Waals surface area (Å²) >= 11 is 7.30. The van der Waals surface area contributed by atoms with E-state index in [0.29, 0.717) is 49.1 Å². The molecule has 35 heavy (non-hydrogen) atoms. The number of nitrogens with one attached hydrogen (secondary N) is 1. The molecule has 0 saturated carbocycles. The second-order valence-electron chi connectivity index (χ2n) is 7.34. The number of benzene rings is 3. The number of aromatic nitrogens is 1. The number of anilines is 1. The number of rotatable bonds is 9. The minimum atomic E-state index is -1.09. The fourth-order valence-electron chi connectivity index (χ4n) is 3.36. The first-order valence-corrected chi connectivity index (χ1v) is 13.2. The van der Waals surface area contributed by atoms with Crippen molar-refractivity contribution in [3.63, 3.8) is 0 Å². The van der Waals surface area contributed by atoms with Crippen LogP contribution in [-0.4, -0.2) is 35.1 Å². The van der Waals surface area contributed by atoms with E-state index in [4.69, 9.17) is 25.8 Å². The number of halogens is 1.